The summed E-state index contributed by atoms with van der Waals surface area (Å²) >= 11 is 0. The van der Waals surface area contributed by atoms with E-state index in [-0.39, 0.29) is 12.2 Å². The minimum atomic E-state index is -1.41. The maximum Gasteiger partial charge on any atom is 0.339 e. The molecule has 3 nitrogen and oxygen atoms in total. The molecule has 82 valence electrons. The summed E-state index contributed by atoms with van der Waals surface area (Å²) in [5.74, 6) is -0.751. The largest absolute Gasteiger partial charge is 0.464 e. The van der Waals surface area contributed by atoms with Gasteiger partial charge in [0.15, 0.2) is 6.10 Å². The predicted molar refractivity (Wildman–Crippen MR) is 52.8 cm³/mol. The Labute approximate surface area is 87.5 Å². The standard InChI is InChI=1S/C11H13FO3/c1-2-15-11(14)10(13)9-6-4-3-5-8(9)7-12/h3-6,10,13H,2,7H2,1H3. The third-order valence-electron chi connectivity index (χ3n) is 2.00. The summed E-state index contributed by atoms with van der Waals surface area (Å²) in [5.41, 5.74) is 0.566. The number of hydrogen-bond acceptors (Lipinski definition) is 3. The minimum absolute atomic E-state index is 0.188. The van der Waals surface area contributed by atoms with Gasteiger partial charge in [0.1, 0.15) is 6.67 Å². The lowest BCUT2D eigenvalue weighted by atomic mass is 10.0. The molecule has 1 atom stereocenters. The van der Waals surface area contributed by atoms with Gasteiger partial charge in [-0.2, -0.15) is 0 Å². The molecule has 0 saturated heterocycles. The van der Waals surface area contributed by atoms with Crippen molar-refractivity contribution < 1.29 is 19.0 Å². The van der Waals surface area contributed by atoms with Gasteiger partial charge in [0.25, 0.3) is 0 Å². The zero-order chi connectivity index (χ0) is 11.3. The van der Waals surface area contributed by atoms with Crippen LogP contribution >= 0.6 is 0 Å². The van der Waals surface area contributed by atoms with Gasteiger partial charge >= 0.3 is 5.97 Å². The quantitative estimate of drug-likeness (QED) is 0.773. The van der Waals surface area contributed by atoms with E-state index in [4.69, 9.17) is 0 Å². The van der Waals surface area contributed by atoms with Crippen molar-refractivity contribution in [2.75, 3.05) is 6.61 Å². The highest BCUT2D eigenvalue weighted by Gasteiger charge is 2.20. The molecular formula is C11H13FO3. The van der Waals surface area contributed by atoms with E-state index in [9.17, 15) is 14.3 Å². The van der Waals surface area contributed by atoms with Crippen molar-refractivity contribution in [2.24, 2.45) is 0 Å². The van der Waals surface area contributed by atoms with E-state index in [2.05, 4.69) is 4.74 Å². The number of aliphatic hydroxyl groups excluding tert-OH is 1. The van der Waals surface area contributed by atoms with Gasteiger partial charge in [0.2, 0.25) is 0 Å². The van der Waals surface area contributed by atoms with Crippen LogP contribution in [0.25, 0.3) is 0 Å². The molecule has 4 heteroatoms. The molecular weight excluding hydrogens is 199 g/mol. The number of carbonyl (C=O) groups is 1. The minimum Gasteiger partial charge on any atom is -0.464 e. The molecule has 0 heterocycles. The van der Waals surface area contributed by atoms with Gasteiger partial charge < -0.3 is 9.84 Å². The molecule has 1 aromatic rings. The van der Waals surface area contributed by atoms with Crippen LogP contribution in [-0.4, -0.2) is 17.7 Å². The molecule has 0 aliphatic rings. The van der Waals surface area contributed by atoms with Gasteiger partial charge in [-0.25, -0.2) is 9.18 Å². The lowest BCUT2D eigenvalue weighted by Gasteiger charge is -2.12. The van der Waals surface area contributed by atoms with Gasteiger partial charge in [0.05, 0.1) is 6.61 Å². The molecule has 1 rings (SSSR count). The average molecular weight is 212 g/mol. The van der Waals surface area contributed by atoms with Crippen molar-refractivity contribution in [3.63, 3.8) is 0 Å². The molecule has 0 aliphatic heterocycles. The van der Waals surface area contributed by atoms with E-state index >= 15 is 0 Å². The molecule has 0 fully saturated rings. The second-order valence-electron chi connectivity index (χ2n) is 2.99. The first-order valence-electron chi connectivity index (χ1n) is 4.69. The number of rotatable bonds is 4. The highest BCUT2D eigenvalue weighted by Crippen LogP contribution is 2.20. The molecule has 0 aliphatic carbocycles. The summed E-state index contributed by atoms with van der Waals surface area (Å²) in [6.07, 6.45) is -1.41. The Morgan fingerprint density at radius 1 is 1.53 bits per heavy atom. The number of alkyl halides is 1. The van der Waals surface area contributed by atoms with Gasteiger partial charge in [-0.15, -0.1) is 0 Å². The molecule has 0 spiro atoms. The molecule has 0 aromatic heterocycles. The Hall–Kier alpha value is -1.42. The van der Waals surface area contributed by atoms with Crippen molar-refractivity contribution in [2.45, 2.75) is 19.7 Å². The summed E-state index contributed by atoms with van der Waals surface area (Å²) < 4.78 is 17.2. The summed E-state index contributed by atoms with van der Waals surface area (Å²) in [6, 6.07) is 6.32. The summed E-state index contributed by atoms with van der Waals surface area (Å²) in [4.78, 5) is 11.2. The van der Waals surface area contributed by atoms with Crippen molar-refractivity contribution in [1.82, 2.24) is 0 Å². The fourth-order valence-corrected chi connectivity index (χ4v) is 1.27. The van der Waals surface area contributed by atoms with E-state index in [1.807, 2.05) is 0 Å². The summed E-state index contributed by atoms with van der Waals surface area (Å²) in [6.45, 7) is 1.12. The fourth-order valence-electron chi connectivity index (χ4n) is 1.27. The first kappa shape index (κ1) is 11.7. The molecule has 0 amide bonds. The SMILES string of the molecule is CCOC(=O)C(O)c1ccccc1CF. The monoisotopic (exact) mass is 212 g/mol. The van der Waals surface area contributed by atoms with Gasteiger partial charge in [-0.1, -0.05) is 24.3 Å². The van der Waals surface area contributed by atoms with Crippen LogP contribution in [0, 0.1) is 0 Å². The van der Waals surface area contributed by atoms with Gasteiger partial charge in [-0.05, 0) is 18.1 Å². The molecule has 0 bridgehead atoms. The third kappa shape index (κ3) is 2.76. The highest BCUT2D eigenvalue weighted by molar-refractivity contribution is 5.76. The maximum atomic E-state index is 12.5. The van der Waals surface area contributed by atoms with Crippen LogP contribution in [0.4, 0.5) is 4.39 Å². The van der Waals surface area contributed by atoms with Crippen LogP contribution in [0.15, 0.2) is 24.3 Å². The number of carbonyl (C=O) groups excluding carboxylic acids is 1. The Kier molecular flexibility index (Phi) is 4.24. The third-order valence-corrected chi connectivity index (χ3v) is 2.00. The van der Waals surface area contributed by atoms with E-state index in [1.165, 1.54) is 12.1 Å². The number of ether oxygens (including phenoxy) is 1. The van der Waals surface area contributed by atoms with Crippen molar-refractivity contribution in [1.29, 1.82) is 0 Å². The van der Waals surface area contributed by atoms with Crippen molar-refractivity contribution in [3.8, 4) is 0 Å². The zero-order valence-electron chi connectivity index (χ0n) is 8.44. The summed E-state index contributed by atoms with van der Waals surface area (Å²) in [7, 11) is 0. The molecule has 1 unspecified atom stereocenters. The van der Waals surface area contributed by atoms with Crippen molar-refractivity contribution >= 4 is 5.97 Å². The van der Waals surface area contributed by atoms with Crippen LogP contribution in [0.2, 0.25) is 0 Å². The topological polar surface area (TPSA) is 46.5 Å². The number of hydrogen-bond donors (Lipinski definition) is 1. The second-order valence-corrected chi connectivity index (χ2v) is 2.99. The van der Waals surface area contributed by atoms with E-state index < -0.39 is 18.7 Å². The average Bonchev–Trinajstić information content (AvgIpc) is 2.28. The Balaban J connectivity index is 2.89. The lowest BCUT2D eigenvalue weighted by molar-refractivity contribution is -0.153. The van der Waals surface area contributed by atoms with E-state index in [1.54, 1.807) is 19.1 Å². The molecule has 0 radical (unpaired) electrons. The van der Waals surface area contributed by atoms with Crippen LogP contribution in [-0.2, 0) is 16.2 Å². The number of esters is 1. The van der Waals surface area contributed by atoms with Crippen LogP contribution in [0.3, 0.4) is 0 Å². The molecule has 0 saturated carbocycles. The Morgan fingerprint density at radius 2 is 2.20 bits per heavy atom. The van der Waals surface area contributed by atoms with Crippen LogP contribution < -0.4 is 0 Å². The van der Waals surface area contributed by atoms with Gasteiger partial charge in [-0.3, -0.25) is 0 Å². The predicted octanol–water partition coefficient (Wildman–Crippen LogP) is 1.75. The first-order chi connectivity index (χ1) is 7.20. The highest BCUT2D eigenvalue weighted by atomic mass is 19.1. The van der Waals surface area contributed by atoms with E-state index in [0.717, 1.165) is 0 Å². The Bertz CT molecular complexity index is 338. The van der Waals surface area contributed by atoms with Crippen molar-refractivity contribution in [3.05, 3.63) is 35.4 Å². The molecule has 1 N–H and O–H groups in total. The zero-order valence-corrected chi connectivity index (χ0v) is 8.44. The lowest BCUT2D eigenvalue weighted by Crippen LogP contribution is -2.16. The number of halogens is 1. The maximum absolute atomic E-state index is 12.5. The smallest absolute Gasteiger partial charge is 0.339 e. The van der Waals surface area contributed by atoms with Crippen LogP contribution in [0.1, 0.15) is 24.2 Å². The number of benzene rings is 1. The Morgan fingerprint density at radius 3 is 2.80 bits per heavy atom. The molecule has 15 heavy (non-hydrogen) atoms. The van der Waals surface area contributed by atoms with E-state index in [0.29, 0.717) is 5.56 Å². The fraction of sp³-hybridized carbons (Fsp3) is 0.364. The van der Waals surface area contributed by atoms with Gasteiger partial charge in [0, 0.05) is 0 Å². The molecule has 1 aromatic carbocycles. The summed E-state index contributed by atoms with van der Waals surface area (Å²) in [5, 5.41) is 9.59. The van der Waals surface area contributed by atoms with Crippen LogP contribution in [0.5, 0.6) is 0 Å². The first-order valence-corrected chi connectivity index (χ1v) is 4.69. The second kappa shape index (κ2) is 5.46. The number of aliphatic hydroxyl groups is 1. The normalized spacial score (nSPS) is 12.2.